The van der Waals surface area contributed by atoms with Crippen LogP contribution in [0.5, 0.6) is 5.75 Å². The molecule has 3 nitrogen and oxygen atoms in total. The second-order valence-corrected chi connectivity index (χ2v) is 6.21. The Morgan fingerprint density at radius 2 is 2.35 bits per heavy atom. The third-order valence-corrected chi connectivity index (χ3v) is 4.75. The van der Waals surface area contributed by atoms with Crippen LogP contribution in [0, 0.1) is 6.92 Å². The smallest absolute Gasteiger partial charge is 0.140 e. The van der Waals surface area contributed by atoms with Crippen molar-refractivity contribution in [2.45, 2.75) is 38.8 Å². The SMILES string of the molecule is CNC1CCCc2ccc(OCc3nc(C)cs3)cc21. The largest absolute Gasteiger partial charge is 0.486 e. The third-order valence-electron chi connectivity index (χ3n) is 3.81. The number of rotatable bonds is 4. The number of nitrogens with zero attached hydrogens (tertiary/aromatic N) is 1. The molecule has 0 saturated carbocycles. The summed E-state index contributed by atoms with van der Waals surface area (Å²) in [5.74, 6) is 0.943. The Hall–Kier alpha value is -1.39. The zero-order chi connectivity index (χ0) is 13.9. The van der Waals surface area contributed by atoms with Crippen LogP contribution in [0.3, 0.4) is 0 Å². The van der Waals surface area contributed by atoms with Gasteiger partial charge in [0.25, 0.3) is 0 Å². The van der Waals surface area contributed by atoms with Crippen LogP contribution >= 0.6 is 11.3 Å². The molecular weight excluding hydrogens is 268 g/mol. The van der Waals surface area contributed by atoms with E-state index in [1.807, 2.05) is 14.0 Å². The highest BCUT2D eigenvalue weighted by Crippen LogP contribution is 2.32. The molecule has 1 aliphatic carbocycles. The van der Waals surface area contributed by atoms with Crippen LogP contribution in [0.4, 0.5) is 0 Å². The lowest BCUT2D eigenvalue weighted by atomic mass is 9.87. The number of fused-ring (bicyclic) bond motifs is 1. The quantitative estimate of drug-likeness (QED) is 0.933. The minimum absolute atomic E-state index is 0.462. The molecule has 3 rings (SSSR count). The van der Waals surface area contributed by atoms with Gasteiger partial charge < -0.3 is 10.1 Å². The molecule has 0 radical (unpaired) electrons. The van der Waals surface area contributed by atoms with Gasteiger partial charge in [0, 0.05) is 17.1 Å². The summed E-state index contributed by atoms with van der Waals surface area (Å²) in [5, 5.41) is 6.49. The average molecular weight is 288 g/mol. The molecule has 0 bridgehead atoms. The maximum atomic E-state index is 5.88. The first-order chi connectivity index (χ1) is 9.76. The topological polar surface area (TPSA) is 34.1 Å². The summed E-state index contributed by atoms with van der Waals surface area (Å²) in [6.07, 6.45) is 3.65. The molecule has 1 aliphatic rings. The van der Waals surface area contributed by atoms with Gasteiger partial charge in [-0.3, -0.25) is 0 Å². The van der Waals surface area contributed by atoms with E-state index in [-0.39, 0.29) is 0 Å². The van der Waals surface area contributed by atoms with Gasteiger partial charge in [-0.15, -0.1) is 11.3 Å². The molecule has 1 N–H and O–H groups in total. The van der Waals surface area contributed by atoms with Gasteiger partial charge in [-0.2, -0.15) is 0 Å². The van der Waals surface area contributed by atoms with Gasteiger partial charge in [-0.25, -0.2) is 4.98 Å². The van der Waals surface area contributed by atoms with Gasteiger partial charge in [0.2, 0.25) is 0 Å². The number of benzene rings is 1. The number of aromatic nitrogens is 1. The van der Waals surface area contributed by atoms with E-state index in [9.17, 15) is 0 Å². The summed E-state index contributed by atoms with van der Waals surface area (Å²) in [5.41, 5.74) is 3.91. The van der Waals surface area contributed by atoms with E-state index in [1.165, 1.54) is 30.4 Å². The minimum atomic E-state index is 0.462. The minimum Gasteiger partial charge on any atom is -0.486 e. The lowest BCUT2D eigenvalue weighted by Gasteiger charge is -2.25. The molecule has 0 fully saturated rings. The molecule has 0 aliphatic heterocycles. The molecule has 1 aromatic carbocycles. The summed E-state index contributed by atoms with van der Waals surface area (Å²) in [6.45, 7) is 2.57. The van der Waals surface area contributed by atoms with Crippen molar-refractivity contribution in [2.75, 3.05) is 7.05 Å². The molecule has 1 aromatic heterocycles. The molecule has 106 valence electrons. The molecule has 1 heterocycles. The van der Waals surface area contributed by atoms with Gasteiger partial charge in [-0.05, 0) is 56.5 Å². The lowest BCUT2D eigenvalue weighted by Crippen LogP contribution is -2.21. The highest BCUT2D eigenvalue weighted by Gasteiger charge is 2.19. The standard InChI is InChI=1S/C16H20N2OS/c1-11-10-20-16(18-11)9-19-13-7-6-12-4-3-5-15(17-2)14(12)8-13/h6-8,10,15,17H,3-5,9H2,1-2H3. The van der Waals surface area contributed by atoms with Crippen LogP contribution in [0.1, 0.15) is 40.7 Å². The molecule has 2 aromatic rings. The van der Waals surface area contributed by atoms with Gasteiger partial charge >= 0.3 is 0 Å². The molecule has 20 heavy (non-hydrogen) atoms. The summed E-state index contributed by atoms with van der Waals surface area (Å²) >= 11 is 1.65. The number of nitrogens with one attached hydrogen (secondary N) is 1. The van der Waals surface area contributed by atoms with Crippen molar-refractivity contribution in [1.29, 1.82) is 0 Å². The summed E-state index contributed by atoms with van der Waals surface area (Å²) in [7, 11) is 2.03. The number of aryl methyl sites for hydroxylation is 2. The van der Waals surface area contributed by atoms with E-state index >= 15 is 0 Å². The van der Waals surface area contributed by atoms with Crippen molar-refractivity contribution < 1.29 is 4.74 Å². The number of ether oxygens (including phenoxy) is 1. The van der Waals surface area contributed by atoms with Crippen molar-refractivity contribution >= 4 is 11.3 Å². The first-order valence-electron chi connectivity index (χ1n) is 7.10. The van der Waals surface area contributed by atoms with Crippen molar-refractivity contribution in [2.24, 2.45) is 0 Å². The van der Waals surface area contributed by atoms with E-state index < -0.39 is 0 Å². The number of hydrogen-bond donors (Lipinski definition) is 1. The predicted molar refractivity (Wildman–Crippen MR) is 82.4 cm³/mol. The van der Waals surface area contributed by atoms with Crippen molar-refractivity contribution in [3.8, 4) is 5.75 Å². The van der Waals surface area contributed by atoms with Gasteiger partial charge in [0.1, 0.15) is 17.4 Å². The third kappa shape index (κ3) is 2.86. The first kappa shape index (κ1) is 13.6. The van der Waals surface area contributed by atoms with E-state index in [0.29, 0.717) is 12.6 Å². The fourth-order valence-corrected chi connectivity index (χ4v) is 3.46. The van der Waals surface area contributed by atoms with Gasteiger partial charge in [0.05, 0.1) is 0 Å². The number of thiazole rings is 1. The van der Waals surface area contributed by atoms with Crippen molar-refractivity contribution in [3.63, 3.8) is 0 Å². The van der Waals surface area contributed by atoms with Crippen LogP contribution in [-0.4, -0.2) is 12.0 Å². The molecule has 0 spiro atoms. The Morgan fingerprint density at radius 1 is 1.45 bits per heavy atom. The lowest BCUT2D eigenvalue weighted by molar-refractivity contribution is 0.304. The Bertz CT molecular complexity index is 594. The fourth-order valence-electron chi connectivity index (χ4n) is 2.78. The Labute approximate surface area is 124 Å². The van der Waals surface area contributed by atoms with E-state index in [4.69, 9.17) is 4.74 Å². The van der Waals surface area contributed by atoms with Crippen LogP contribution in [0.2, 0.25) is 0 Å². The van der Waals surface area contributed by atoms with E-state index in [2.05, 4.69) is 33.9 Å². The molecule has 0 amide bonds. The first-order valence-corrected chi connectivity index (χ1v) is 7.98. The summed E-state index contributed by atoms with van der Waals surface area (Å²) in [4.78, 5) is 4.43. The predicted octanol–water partition coefficient (Wildman–Crippen LogP) is 3.63. The van der Waals surface area contributed by atoms with Crippen LogP contribution in [0.25, 0.3) is 0 Å². The highest BCUT2D eigenvalue weighted by atomic mass is 32.1. The molecule has 4 heteroatoms. The summed E-state index contributed by atoms with van der Waals surface area (Å²) in [6, 6.07) is 6.94. The fraction of sp³-hybridized carbons (Fsp3) is 0.438. The van der Waals surface area contributed by atoms with Crippen LogP contribution in [0.15, 0.2) is 23.6 Å². The van der Waals surface area contributed by atoms with E-state index in [1.54, 1.807) is 11.3 Å². The number of hydrogen-bond acceptors (Lipinski definition) is 4. The Kier molecular flexibility index (Phi) is 4.03. The zero-order valence-electron chi connectivity index (χ0n) is 12.0. The van der Waals surface area contributed by atoms with Crippen molar-refractivity contribution in [1.82, 2.24) is 10.3 Å². The normalized spacial score (nSPS) is 17.8. The Morgan fingerprint density at radius 3 is 3.10 bits per heavy atom. The maximum absolute atomic E-state index is 5.88. The summed E-state index contributed by atoms with van der Waals surface area (Å²) < 4.78 is 5.88. The van der Waals surface area contributed by atoms with Crippen molar-refractivity contribution in [3.05, 3.63) is 45.4 Å². The highest BCUT2D eigenvalue weighted by molar-refractivity contribution is 7.09. The average Bonchev–Trinajstić information content (AvgIpc) is 2.90. The molecule has 1 unspecified atom stereocenters. The van der Waals surface area contributed by atoms with Gasteiger partial charge in [-0.1, -0.05) is 6.07 Å². The Balaban J connectivity index is 1.74. The zero-order valence-corrected chi connectivity index (χ0v) is 12.8. The molecule has 0 saturated heterocycles. The second kappa shape index (κ2) is 5.94. The van der Waals surface area contributed by atoms with Crippen LogP contribution in [-0.2, 0) is 13.0 Å². The van der Waals surface area contributed by atoms with Crippen LogP contribution < -0.4 is 10.1 Å². The monoisotopic (exact) mass is 288 g/mol. The van der Waals surface area contributed by atoms with E-state index in [0.717, 1.165) is 16.5 Å². The maximum Gasteiger partial charge on any atom is 0.140 e. The second-order valence-electron chi connectivity index (χ2n) is 5.27. The van der Waals surface area contributed by atoms with Gasteiger partial charge in [0.15, 0.2) is 0 Å². The molecule has 1 atom stereocenters. The molecular formula is C16H20N2OS.